The molecule has 0 atom stereocenters. The van der Waals surface area contributed by atoms with Crippen molar-refractivity contribution in [1.29, 1.82) is 0 Å². The molecule has 6 heteroatoms. The quantitative estimate of drug-likeness (QED) is 0.442. The van der Waals surface area contributed by atoms with Gasteiger partial charge in [0.1, 0.15) is 11.6 Å². The van der Waals surface area contributed by atoms with Crippen molar-refractivity contribution in [2.75, 3.05) is 0 Å². The zero-order chi connectivity index (χ0) is 17.1. The number of benzene rings is 1. The molecule has 1 N–H and O–H groups in total. The van der Waals surface area contributed by atoms with Crippen LogP contribution in [-0.2, 0) is 13.5 Å². The predicted molar refractivity (Wildman–Crippen MR) is 86.1 cm³/mol. The van der Waals surface area contributed by atoms with E-state index < -0.39 is 5.78 Å². The summed E-state index contributed by atoms with van der Waals surface area (Å²) in [4.78, 5) is 16.1. The van der Waals surface area contributed by atoms with Gasteiger partial charge in [0.2, 0.25) is 5.78 Å². The van der Waals surface area contributed by atoms with Gasteiger partial charge >= 0.3 is 0 Å². The lowest BCUT2D eigenvalue weighted by Gasteiger charge is -2.00. The van der Waals surface area contributed by atoms with E-state index >= 15 is 0 Å². The van der Waals surface area contributed by atoms with Gasteiger partial charge in [0.05, 0.1) is 0 Å². The Bertz CT molecular complexity index is 891. The Labute approximate surface area is 137 Å². The molecule has 0 saturated carbocycles. The van der Waals surface area contributed by atoms with E-state index in [1.54, 1.807) is 42.1 Å². The number of allylic oxidation sites excluding steroid dienone is 1. The molecular weight excluding hydrogens is 311 g/mol. The van der Waals surface area contributed by atoms with E-state index in [0.717, 1.165) is 11.6 Å². The van der Waals surface area contributed by atoms with Gasteiger partial charge in [0.25, 0.3) is 0 Å². The van der Waals surface area contributed by atoms with Crippen LogP contribution < -0.4 is 0 Å². The van der Waals surface area contributed by atoms with Crippen LogP contribution in [0.1, 0.15) is 27.7 Å². The van der Waals surface area contributed by atoms with Crippen LogP contribution in [0.25, 0.3) is 5.76 Å². The van der Waals surface area contributed by atoms with E-state index in [1.165, 1.54) is 18.3 Å². The minimum Gasteiger partial charge on any atom is -0.504 e. The predicted octanol–water partition coefficient (Wildman–Crippen LogP) is 3.52. The fourth-order valence-electron chi connectivity index (χ4n) is 2.28. The lowest BCUT2D eigenvalue weighted by atomic mass is 10.1. The molecule has 0 unspecified atom stereocenters. The van der Waals surface area contributed by atoms with Gasteiger partial charge in [-0.15, -0.1) is 0 Å². The number of nitrogens with zero attached hydrogens (tertiary/aromatic N) is 2. The number of aliphatic hydroxyl groups excluding tert-OH is 1. The first kappa shape index (κ1) is 15.7. The van der Waals surface area contributed by atoms with Crippen molar-refractivity contribution in [2.24, 2.45) is 7.05 Å². The number of halogens is 1. The van der Waals surface area contributed by atoms with Crippen LogP contribution >= 0.6 is 0 Å². The van der Waals surface area contributed by atoms with Crippen LogP contribution in [0.5, 0.6) is 0 Å². The van der Waals surface area contributed by atoms with Crippen molar-refractivity contribution < 1.29 is 18.7 Å². The number of carbonyl (C=O) groups excluding carboxylic acids is 1. The molecule has 24 heavy (non-hydrogen) atoms. The highest BCUT2D eigenvalue weighted by Gasteiger charge is 2.13. The third kappa shape index (κ3) is 3.43. The van der Waals surface area contributed by atoms with Gasteiger partial charge < -0.3 is 14.1 Å². The Kier molecular flexibility index (Phi) is 4.29. The molecule has 0 aliphatic heterocycles. The second-order valence-electron chi connectivity index (χ2n) is 5.32. The second-order valence-corrected chi connectivity index (χ2v) is 5.32. The topological polar surface area (TPSA) is 68.3 Å². The van der Waals surface area contributed by atoms with E-state index in [9.17, 15) is 14.3 Å². The molecule has 0 amide bonds. The van der Waals surface area contributed by atoms with Gasteiger partial charge in [-0.1, -0.05) is 12.1 Å². The van der Waals surface area contributed by atoms with Crippen LogP contribution in [0.15, 0.2) is 59.3 Å². The van der Waals surface area contributed by atoms with E-state index in [2.05, 4.69) is 4.98 Å². The first-order valence-electron chi connectivity index (χ1n) is 7.29. The number of carbonyl (C=O) groups is 1. The summed E-state index contributed by atoms with van der Waals surface area (Å²) in [6, 6.07) is 9.29. The lowest BCUT2D eigenvalue weighted by Crippen LogP contribution is -1.99. The Morgan fingerprint density at radius 1 is 1.29 bits per heavy atom. The molecule has 0 fully saturated rings. The van der Waals surface area contributed by atoms with E-state index in [0.29, 0.717) is 18.0 Å². The fourth-order valence-corrected chi connectivity index (χ4v) is 2.28. The maximum Gasteiger partial charge on any atom is 0.224 e. The van der Waals surface area contributed by atoms with Gasteiger partial charge in [-0.2, -0.15) is 0 Å². The number of hydrogen-bond acceptors (Lipinski definition) is 4. The fraction of sp³-hybridized carbons (Fsp3) is 0.111. The molecule has 5 nitrogen and oxygen atoms in total. The maximum atomic E-state index is 12.9. The van der Waals surface area contributed by atoms with Gasteiger partial charge in [-0.25, -0.2) is 9.37 Å². The Hall–Kier alpha value is -3.15. The summed E-state index contributed by atoms with van der Waals surface area (Å²) < 4.78 is 20.0. The minimum atomic E-state index is -0.458. The molecule has 3 aromatic rings. The molecule has 1 aromatic carbocycles. The molecule has 0 aliphatic carbocycles. The first-order chi connectivity index (χ1) is 11.5. The molecule has 0 aliphatic rings. The minimum absolute atomic E-state index is 0.118. The number of imidazole rings is 1. The number of aromatic nitrogens is 2. The zero-order valence-corrected chi connectivity index (χ0v) is 12.9. The normalized spacial score (nSPS) is 11.7. The number of aryl methyl sites for hydroxylation is 1. The van der Waals surface area contributed by atoms with Crippen molar-refractivity contribution in [1.82, 2.24) is 9.55 Å². The highest BCUT2D eigenvalue weighted by molar-refractivity contribution is 6.05. The maximum absolute atomic E-state index is 12.9. The highest BCUT2D eigenvalue weighted by atomic mass is 19.1. The summed E-state index contributed by atoms with van der Waals surface area (Å²) in [5, 5.41) is 9.97. The molecule has 3 rings (SSSR count). The molecular formula is C18H15FN2O3. The van der Waals surface area contributed by atoms with Gasteiger partial charge in [-0.05, 0) is 29.8 Å². The summed E-state index contributed by atoms with van der Waals surface area (Å²) in [7, 11) is 1.71. The summed E-state index contributed by atoms with van der Waals surface area (Å²) in [6.45, 7) is 0. The molecule has 2 aromatic heterocycles. The summed E-state index contributed by atoms with van der Waals surface area (Å²) >= 11 is 0. The van der Waals surface area contributed by atoms with Crippen LogP contribution in [-0.4, -0.2) is 20.4 Å². The average molecular weight is 326 g/mol. The van der Waals surface area contributed by atoms with Crippen LogP contribution in [0.2, 0.25) is 0 Å². The lowest BCUT2D eigenvalue weighted by molar-refractivity contribution is 0.101. The van der Waals surface area contributed by atoms with Crippen molar-refractivity contribution in [3.8, 4) is 0 Å². The van der Waals surface area contributed by atoms with Crippen molar-refractivity contribution in [3.63, 3.8) is 0 Å². The van der Waals surface area contributed by atoms with Gasteiger partial charge in [0.15, 0.2) is 17.3 Å². The zero-order valence-electron chi connectivity index (χ0n) is 12.9. The number of aliphatic hydroxyl groups is 1. The van der Waals surface area contributed by atoms with Crippen LogP contribution in [0, 0.1) is 5.82 Å². The monoisotopic (exact) mass is 326 g/mol. The third-order valence-corrected chi connectivity index (χ3v) is 3.51. The van der Waals surface area contributed by atoms with Crippen LogP contribution in [0.3, 0.4) is 0 Å². The second kappa shape index (κ2) is 6.54. The molecule has 0 spiro atoms. The largest absolute Gasteiger partial charge is 0.504 e. The van der Waals surface area contributed by atoms with Crippen molar-refractivity contribution in [3.05, 3.63) is 83.6 Å². The summed E-state index contributed by atoms with van der Waals surface area (Å²) in [5.74, 6) is -0.00190. The standard InChI is InChI=1S/C18H15FN2O3/c1-21-9-8-20-18(21)16(23)11-15(22)17-7-6-14(24-17)10-12-2-4-13(19)5-3-12/h2-9,11,23H,10H2,1H3. The van der Waals surface area contributed by atoms with E-state index in [4.69, 9.17) is 4.42 Å². The van der Waals surface area contributed by atoms with Gasteiger partial charge in [0, 0.05) is 31.9 Å². The van der Waals surface area contributed by atoms with E-state index in [1.807, 2.05) is 0 Å². The Morgan fingerprint density at radius 2 is 2.04 bits per heavy atom. The number of furan rings is 1. The van der Waals surface area contributed by atoms with Crippen molar-refractivity contribution in [2.45, 2.75) is 6.42 Å². The highest BCUT2D eigenvalue weighted by Crippen LogP contribution is 2.16. The number of rotatable bonds is 5. The third-order valence-electron chi connectivity index (χ3n) is 3.51. The molecule has 0 bridgehead atoms. The summed E-state index contributed by atoms with van der Waals surface area (Å²) in [6.07, 6.45) is 4.71. The Balaban J connectivity index is 1.74. The average Bonchev–Trinajstić information content (AvgIpc) is 3.18. The first-order valence-corrected chi connectivity index (χ1v) is 7.29. The van der Waals surface area contributed by atoms with E-state index in [-0.39, 0.29) is 17.3 Å². The number of ketones is 1. The number of hydrogen-bond donors (Lipinski definition) is 1. The SMILES string of the molecule is Cn1ccnc1C(O)=CC(=O)c1ccc(Cc2ccc(F)cc2)o1. The summed E-state index contributed by atoms with van der Waals surface area (Å²) in [5.41, 5.74) is 0.871. The van der Waals surface area contributed by atoms with Crippen molar-refractivity contribution >= 4 is 11.5 Å². The Morgan fingerprint density at radius 3 is 2.71 bits per heavy atom. The van der Waals surface area contributed by atoms with Crippen LogP contribution in [0.4, 0.5) is 4.39 Å². The smallest absolute Gasteiger partial charge is 0.224 e. The molecule has 122 valence electrons. The molecule has 0 saturated heterocycles. The molecule has 2 heterocycles. The molecule has 0 radical (unpaired) electrons. The van der Waals surface area contributed by atoms with Gasteiger partial charge in [-0.3, -0.25) is 4.79 Å².